The van der Waals surface area contributed by atoms with Gasteiger partial charge < -0.3 is 0 Å². The van der Waals surface area contributed by atoms with Crippen molar-refractivity contribution in [2.45, 2.75) is 18.8 Å². The zero-order valence-corrected chi connectivity index (χ0v) is 10.2. The summed E-state index contributed by atoms with van der Waals surface area (Å²) in [6, 6.07) is 9.55. The molecule has 1 saturated carbocycles. The summed E-state index contributed by atoms with van der Waals surface area (Å²) < 4.78 is 1.44. The SMILES string of the molecule is O=c1c(-c2ccccc2)cnc2nc(C3CC3)[nH]n12. The van der Waals surface area contributed by atoms with E-state index in [9.17, 15) is 4.79 Å². The highest BCUT2D eigenvalue weighted by molar-refractivity contribution is 5.62. The molecule has 0 bridgehead atoms. The minimum Gasteiger partial charge on any atom is -0.275 e. The van der Waals surface area contributed by atoms with Crippen molar-refractivity contribution < 1.29 is 0 Å². The van der Waals surface area contributed by atoms with Crippen LogP contribution < -0.4 is 5.56 Å². The standard InChI is InChI=1S/C14H12N4O/c19-13-11(9-4-2-1-3-5-9)8-15-14-16-12(10-6-7-10)17-18(13)14/h1-5,8,10H,6-7H2,(H,15,16,17). The molecule has 0 atom stereocenters. The average Bonchev–Trinajstić information content (AvgIpc) is 3.20. The molecular formula is C14H12N4O. The molecule has 19 heavy (non-hydrogen) atoms. The van der Waals surface area contributed by atoms with E-state index in [1.54, 1.807) is 6.20 Å². The molecule has 94 valence electrons. The summed E-state index contributed by atoms with van der Waals surface area (Å²) in [5, 5.41) is 3.07. The number of hydrogen-bond acceptors (Lipinski definition) is 3. The quantitative estimate of drug-likeness (QED) is 0.758. The van der Waals surface area contributed by atoms with Gasteiger partial charge in [0, 0.05) is 12.1 Å². The lowest BCUT2D eigenvalue weighted by atomic mass is 10.1. The minimum atomic E-state index is -0.101. The van der Waals surface area contributed by atoms with E-state index < -0.39 is 0 Å². The Kier molecular flexibility index (Phi) is 2.09. The van der Waals surface area contributed by atoms with E-state index in [0.717, 1.165) is 24.2 Å². The van der Waals surface area contributed by atoms with Gasteiger partial charge in [-0.3, -0.25) is 9.89 Å². The number of fused-ring (bicyclic) bond motifs is 1. The van der Waals surface area contributed by atoms with Gasteiger partial charge in [-0.05, 0) is 18.4 Å². The Hall–Kier alpha value is -2.43. The second-order valence-corrected chi connectivity index (χ2v) is 4.86. The normalized spacial score (nSPS) is 14.9. The highest BCUT2D eigenvalue weighted by atomic mass is 16.1. The number of aromatic amines is 1. The Balaban J connectivity index is 1.94. The molecule has 1 aliphatic rings. The number of nitrogens with one attached hydrogen (secondary N) is 1. The van der Waals surface area contributed by atoms with Crippen molar-refractivity contribution in [2.24, 2.45) is 0 Å². The fraction of sp³-hybridized carbons (Fsp3) is 0.214. The molecule has 0 amide bonds. The van der Waals surface area contributed by atoms with Crippen LogP contribution in [-0.4, -0.2) is 19.6 Å². The van der Waals surface area contributed by atoms with Gasteiger partial charge in [0.1, 0.15) is 5.82 Å². The van der Waals surface area contributed by atoms with Crippen molar-refractivity contribution >= 4 is 5.78 Å². The van der Waals surface area contributed by atoms with E-state index in [0.29, 0.717) is 17.3 Å². The summed E-state index contributed by atoms with van der Waals surface area (Å²) in [4.78, 5) is 21.1. The van der Waals surface area contributed by atoms with Gasteiger partial charge in [0.05, 0.1) is 5.56 Å². The highest BCUT2D eigenvalue weighted by Gasteiger charge is 2.27. The van der Waals surface area contributed by atoms with Crippen LogP contribution in [0.1, 0.15) is 24.6 Å². The fourth-order valence-electron chi connectivity index (χ4n) is 2.23. The maximum Gasteiger partial charge on any atom is 0.281 e. The van der Waals surface area contributed by atoms with Crippen molar-refractivity contribution in [3.63, 3.8) is 0 Å². The van der Waals surface area contributed by atoms with E-state index in [-0.39, 0.29) is 5.56 Å². The van der Waals surface area contributed by atoms with Crippen LogP contribution in [0.3, 0.4) is 0 Å². The number of H-pyrrole nitrogens is 1. The molecule has 0 radical (unpaired) electrons. The van der Waals surface area contributed by atoms with Gasteiger partial charge in [-0.25, -0.2) is 4.98 Å². The summed E-state index contributed by atoms with van der Waals surface area (Å²) in [6.45, 7) is 0. The Morgan fingerprint density at radius 3 is 2.74 bits per heavy atom. The molecule has 5 nitrogen and oxygen atoms in total. The topological polar surface area (TPSA) is 63.0 Å². The third kappa shape index (κ3) is 1.66. The third-order valence-electron chi connectivity index (χ3n) is 3.44. The summed E-state index contributed by atoms with van der Waals surface area (Å²) >= 11 is 0. The van der Waals surface area contributed by atoms with Crippen LogP contribution in [0.2, 0.25) is 0 Å². The van der Waals surface area contributed by atoms with Crippen LogP contribution in [0, 0.1) is 0 Å². The Bertz CT molecular complexity index is 799. The van der Waals surface area contributed by atoms with Gasteiger partial charge in [0.25, 0.3) is 11.3 Å². The second kappa shape index (κ2) is 3.78. The maximum atomic E-state index is 12.4. The number of benzene rings is 1. The van der Waals surface area contributed by atoms with Crippen LogP contribution in [0.4, 0.5) is 0 Å². The molecule has 1 N–H and O–H groups in total. The van der Waals surface area contributed by atoms with Crippen LogP contribution in [0.5, 0.6) is 0 Å². The molecule has 1 aromatic carbocycles. The molecule has 0 saturated heterocycles. The molecular weight excluding hydrogens is 240 g/mol. The van der Waals surface area contributed by atoms with Crippen molar-refractivity contribution in [1.29, 1.82) is 0 Å². The zero-order valence-electron chi connectivity index (χ0n) is 10.2. The maximum absolute atomic E-state index is 12.4. The molecule has 0 spiro atoms. The monoisotopic (exact) mass is 252 g/mol. The summed E-state index contributed by atoms with van der Waals surface area (Å²) in [5.74, 6) is 1.79. The van der Waals surface area contributed by atoms with Gasteiger partial charge in [-0.15, -0.1) is 0 Å². The smallest absolute Gasteiger partial charge is 0.275 e. The molecule has 0 unspecified atom stereocenters. The van der Waals surface area contributed by atoms with Crippen LogP contribution in [0.25, 0.3) is 16.9 Å². The summed E-state index contributed by atoms with van der Waals surface area (Å²) in [6.07, 6.45) is 3.88. The van der Waals surface area contributed by atoms with Gasteiger partial charge in [0.15, 0.2) is 0 Å². The fourth-order valence-corrected chi connectivity index (χ4v) is 2.23. The highest BCUT2D eigenvalue weighted by Crippen LogP contribution is 2.37. The van der Waals surface area contributed by atoms with Crippen LogP contribution >= 0.6 is 0 Å². The van der Waals surface area contributed by atoms with Gasteiger partial charge in [-0.2, -0.15) is 9.50 Å². The predicted octanol–water partition coefficient (Wildman–Crippen LogP) is 1.96. The van der Waals surface area contributed by atoms with Crippen molar-refractivity contribution in [3.05, 3.63) is 52.7 Å². The molecule has 1 aliphatic carbocycles. The van der Waals surface area contributed by atoms with Crippen molar-refractivity contribution in [2.75, 3.05) is 0 Å². The first-order valence-corrected chi connectivity index (χ1v) is 6.36. The van der Waals surface area contributed by atoms with Gasteiger partial charge in [0.2, 0.25) is 0 Å². The van der Waals surface area contributed by atoms with Crippen LogP contribution in [0.15, 0.2) is 41.3 Å². The molecule has 3 aromatic rings. The first-order valence-electron chi connectivity index (χ1n) is 6.36. The third-order valence-corrected chi connectivity index (χ3v) is 3.44. The number of nitrogens with zero attached hydrogens (tertiary/aromatic N) is 3. The first kappa shape index (κ1) is 10.5. The number of rotatable bonds is 2. The molecule has 0 aliphatic heterocycles. The number of hydrogen-bond donors (Lipinski definition) is 1. The predicted molar refractivity (Wildman–Crippen MR) is 71.0 cm³/mol. The zero-order chi connectivity index (χ0) is 12.8. The van der Waals surface area contributed by atoms with Gasteiger partial charge in [-0.1, -0.05) is 30.3 Å². The Morgan fingerprint density at radius 2 is 2.00 bits per heavy atom. The lowest BCUT2D eigenvalue weighted by Gasteiger charge is -1.99. The van der Waals surface area contributed by atoms with Gasteiger partial charge >= 0.3 is 0 Å². The van der Waals surface area contributed by atoms with E-state index in [4.69, 9.17) is 0 Å². The molecule has 2 aromatic heterocycles. The summed E-state index contributed by atoms with van der Waals surface area (Å²) in [7, 11) is 0. The molecule has 1 fully saturated rings. The molecule has 4 rings (SSSR count). The Morgan fingerprint density at radius 1 is 1.21 bits per heavy atom. The minimum absolute atomic E-state index is 0.101. The van der Waals surface area contributed by atoms with Crippen molar-refractivity contribution in [1.82, 2.24) is 19.6 Å². The second-order valence-electron chi connectivity index (χ2n) is 4.86. The first-order chi connectivity index (χ1) is 9.33. The van der Waals surface area contributed by atoms with E-state index in [1.165, 1.54) is 4.52 Å². The lowest BCUT2D eigenvalue weighted by Crippen LogP contribution is -2.17. The van der Waals surface area contributed by atoms with E-state index in [2.05, 4.69) is 15.1 Å². The van der Waals surface area contributed by atoms with E-state index in [1.807, 2.05) is 30.3 Å². The molecule has 2 heterocycles. The molecule has 5 heteroatoms. The van der Waals surface area contributed by atoms with Crippen molar-refractivity contribution in [3.8, 4) is 11.1 Å². The average molecular weight is 252 g/mol. The lowest BCUT2D eigenvalue weighted by molar-refractivity contribution is 0.850. The Labute approximate surface area is 108 Å². The number of aromatic nitrogens is 4. The van der Waals surface area contributed by atoms with E-state index >= 15 is 0 Å². The van der Waals surface area contributed by atoms with Crippen LogP contribution in [-0.2, 0) is 0 Å². The largest absolute Gasteiger partial charge is 0.281 e. The summed E-state index contributed by atoms with van der Waals surface area (Å²) in [5.41, 5.74) is 1.36.